The minimum Gasteiger partial charge on any atom is -0.475 e. The van der Waals surface area contributed by atoms with Gasteiger partial charge in [-0.15, -0.1) is 0 Å². The van der Waals surface area contributed by atoms with Crippen molar-refractivity contribution in [1.82, 2.24) is 0 Å². The first-order chi connectivity index (χ1) is 7.20. The summed E-state index contributed by atoms with van der Waals surface area (Å²) in [5.41, 5.74) is 5.13. The Balaban J connectivity index is 0. The van der Waals surface area contributed by atoms with E-state index >= 15 is 0 Å². The number of hydrogen-bond donors (Lipinski definition) is 2. The maximum absolute atomic E-state index is 10.6. The van der Waals surface area contributed by atoms with Crippen molar-refractivity contribution in [3.8, 4) is 0 Å². The molecule has 0 bridgehead atoms. The maximum Gasteiger partial charge on any atom is 0.490 e. The Bertz CT molecular complexity index is 227. The zero-order chi connectivity index (χ0) is 13.4. The SMILES string of the molecule is COC(=O)C(CN)OC.O=C(O)C(F)(F)F. The highest BCUT2D eigenvalue weighted by atomic mass is 19.4. The van der Waals surface area contributed by atoms with Crippen LogP contribution in [0.15, 0.2) is 0 Å². The summed E-state index contributed by atoms with van der Waals surface area (Å²) >= 11 is 0. The molecular weight excluding hydrogens is 235 g/mol. The zero-order valence-corrected chi connectivity index (χ0v) is 8.58. The van der Waals surface area contributed by atoms with E-state index in [1.165, 1.54) is 14.2 Å². The number of hydrogen-bond acceptors (Lipinski definition) is 5. The number of methoxy groups -OCH3 is 2. The van der Waals surface area contributed by atoms with Gasteiger partial charge in [0.15, 0.2) is 6.10 Å². The quantitative estimate of drug-likeness (QED) is 0.668. The number of rotatable bonds is 3. The zero-order valence-electron chi connectivity index (χ0n) is 8.58. The molecule has 9 heteroatoms. The van der Waals surface area contributed by atoms with Gasteiger partial charge in [-0.3, -0.25) is 0 Å². The van der Waals surface area contributed by atoms with Crippen LogP contribution in [-0.2, 0) is 19.1 Å². The molecule has 0 radical (unpaired) electrons. The normalized spacial score (nSPS) is 12.1. The third kappa shape index (κ3) is 8.00. The second-order valence-electron chi connectivity index (χ2n) is 2.29. The minimum atomic E-state index is -5.08. The van der Waals surface area contributed by atoms with E-state index in [1.807, 2.05) is 0 Å². The average Bonchev–Trinajstić information content (AvgIpc) is 2.18. The van der Waals surface area contributed by atoms with Gasteiger partial charge in [-0.25, -0.2) is 9.59 Å². The fourth-order valence-corrected chi connectivity index (χ4v) is 0.420. The Morgan fingerprint density at radius 2 is 1.75 bits per heavy atom. The molecule has 0 aliphatic carbocycles. The lowest BCUT2D eigenvalue weighted by atomic mass is 10.4. The molecule has 0 aliphatic rings. The van der Waals surface area contributed by atoms with E-state index in [-0.39, 0.29) is 6.54 Å². The molecule has 0 heterocycles. The number of carboxylic acids is 1. The molecule has 0 spiro atoms. The van der Waals surface area contributed by atoms with Crippen molar-refractivity contribution in [1.29, 1.82) is 0 Å². The number of esters is 1. The molecule has 1 atom stereocenters. The van der Waals surface area contributed by atoms with Crippen molar-refractivity contribution in [2.45, 2.75) is 12.3 Å². The summed E-state index contributed by atoms with van der Waals surface area (Å²) < 4.78 is 40.7. The molecule has 96 valence electrons. The lowest BCUT2D eigenvalue weighted by Gasteiger charge is -2.08. The van der Waals surface area contributed by atoms with Crippen LogP contribution >= 0.6 is 0 Å². The van der Waals surface area contributed by atoms with E-state index in [0.717, 1.165) is 0 Å². The van der Waals surface area contributed by atoms with Crippen molar-refractivity contribution in [2.75, 3.05) is 20.8 Å². The van der Waals surface area contributed by atoms with Crippen LogP contribution in [0.2, 0.25) is 0 Å². The maximum atomic E-state index is 10.6. The van der Waals surface area contributed by atoms with Crippen molar-refractivity contribution < 1.29 is 37.3 Å². The van der Waals surface area contributed by atoms with Gasteiger partial charge in [0.2, 0.25) is 0 Å². The summed E-state index contributed by atoms with van der Waals surface area (Å²) in [7, 11) is 2.71. The van der Waals surface area contributed by atoms with Gasteiger partial charge in [0.25, 0.3) is 0 Å². The van der Waals surface area contributed by atoms with E-state index in [4.69, 9.17) is 15.6 Å². The molecular formula is C7H12F3NO5. The van der Waals surface area contributed by atoms with Gasteiger partial charge in [-0.1, -0.05) is 0 Å². The monoisotopic (exact) mass is 247 g/mol. The van der Waals surface area contributed by atoms with Crippen LogP contribution in [0.5, 0.6) is 0 Å². The highest BCUT2D eigenvalue weighted by molar-refractivity contribution is 5.74. The molecule has 0 amide bonds. The van der Waals surface area contributed by atoms with Crippen LogP contribution in [-0.4, -0.2) is 50.1 Å². The lowest BCUT2D eigenvalue weighted by molar-refractivity contribution is -0.192. The topological polar surface area (TPSA) is 98.9 Å². The Morgan fingerprint density at radius 3 is 1.81 bits per heavy atom. The van der Waals surface area contributed by atoms with Crippen molar-refractivity contribution in [3.63, 3.8) is 0 Å². The molecule has 0 fully saturated rings. The molecule has 6 nitrogen and oxygen atoms in total. The number of ether oxygens (including phenoxy) is 2. The van der Waals surface area contributed by atoms with E-state index < -0.39 is 24.2 Å². The van der Waals surface area contributed by atoms with Crippen LogP contribution < -0.4 is 5.73 Å². The largest absolute Gasteiger partial charge is 0.490 e. The highest BCUT2D eigenvalue weighted by Crippen LogP contribution is 2.13. The number of carboxylic acid groups (broad SMARTS) is 1. The first-order valence-electron chi connectivity index (χ1n) is 3.81. The fourth-order valence-electron chi connectivity index (χ4n) is 0.420. The Morgan fingerprint density at radius 1 is 1.38 bits per heavy atom. The third-order valence-corrected chi connectivity index (χ3v) is 1.21. The van der Waals surface area contributed by atoms with Gasteiger partial charge in [0, 0.05) is 13.7 Å². The van der Waals surface area contributed by atoms with Gasteiger partial charge < -0.3 is 20.3 Å². The number of halogens is 3. The third-order valence-electron chi connectivity index (χ3n) is 1.21. The van der Waals surface area contributed by atoms with E-state index in [2.05, 4.69) is 9.47 Å². The summed E-state index contributed by atoms with van der Waals surface area (Å²) in [6, 6.07) is 0. The fraction of sp³-hybridized carbons (Fsp3) is 0.714. The minimum absolute atomic E-state index is 0.156. The van der Waals surface area contributed by atoms with Gasteiger partial charge in [0.05, 0.1) is 7.11 Å². The lowest BCUT2D eigenvalue weighted by Crippen LogP contribution is -2.32. The second kappa shape index (κ2) is 7.88. The summed E-state index contributed by atoms with van der Waals surface area (Å²) in [4.78, 5) is 19.4. The number of carbonyl (C=O) groups excluding carboxylic acids is 1. The molecule has 0 aliphatic heterocycles. The average molecular weight is 247 g/mol. The van der Waals surface area contributed by atoms with Crippen LogP contribution in [0, 0.1) is 0 Å². The molecule has 0 rings (SSSR count). The van der Waals surface area contributed by atoms with Crippen LogP contribution in [0.1, 0.15) is 0 Å². The molecule has 16 heavy (non-hydrogen) atoms. The molecule has 0 saturated heterocycles. The van der Waals surface area contributed by atoms with Gasteiger partial charge in [0.1, 0.15) is 0 Å². The molecule has 1 unspecified atom stereocenters. The standard InChI is InChI=1S/C5H11NO3.C2HF3O2/c1-8-4(3-6)5(7)9-2;3-2(4,5)1(6)7/h4H,3,6H2,1-2H3;(H,6,7). The van der Waals surface area contributed by atoms with Gasteiger partial charge in [-0.2, -0.15) is 13.2 Å². The predicted octanol–water partition coefficient (Wildman–Crippen LogP) is -0.234. The molecule has 0 saturated carbocycles. The number of alkyl halides is 3. The van der Waals surface area contributed by atoms with E-state index in [9.17, 15) is 18.0 Å². The van der Waals surface area contributed by atoms with E-state index in [0.29, 0.717) is 0 Å². The Kier molecular flexibility index (Phi) is 8.40. The molecule has 3 N–H and O–H groups in total. The predicted molar refractivity (Wildman–Crippen MR) is 45.6 cm³/mol. The summed E-state index contributed by atoms with van der Waals surface area (Å²) in [6.45, 7) is 0.156. The van der Waals surface area contributed by atoms with Crippen LogP contribution in [0.25, 0.3) is 0 Å². The number of aliphatic carboxylic acids is 1. The van der Waals surface area contributed by atoms with E-state index in [1.54, 1.807) is 0 Å². The molecule has 0 aromatic heterocycles. The highest BCUT2D eigenvalue weighted by Gasteiger charge is 2.38. The Labute approximate surface area is 89.1 Å². The number of carbonyl (C=O) groups is 2. The first kappa shape index (κ1) is 17.1. The number of nitrogens with two attached hydrogens (primary N) is 1. The first-order valence-corrected chi connectivity index (χ1v) is 3.81. The molecule has 0 aromatic rings. The van der Waals surface area contributed by atoms with Crippen LogP contribution in [0.4, 0.5) is 13.2 Å². The summed E-state index contributed by atoms with van der Waals surface area (Å²) in [6.07, 6.45) is -5.70. The smallest absolute Gasteiger partial charge is 0.475 e. The van der Waals surface area contributed by atoms with Crippen molar-refractivity contribution in [2.24, 2.45) is 5.73 Å². The van der Waals surface area contributed by atoms with Crippen LogP contribution in [0.3, 0.4) is 0 Å². The summed E-state index contributed by atoms with van der Waals surface area (Å²) in [5, 5.41) is 7.12. The van der Waals surface area contributed by atoms with Gasteiger partial charge >= 0.3 is 18.1 Å². The Hall–Kier alpha value is -1.35. The second-order valence-corrected chi connectivity index (χ2v) is 2.29. The van der Waals surface area contributed by atoms with Crippen molar-refractivity contribution in [3.05, 3.63) is 0 Å². The van der Waals surface area contributed by atoms with Crippen molar-refractivity contribution >= 4 is 11.9 Å². The van der Waals surface area contributed by atoms with Gasteiger partial charge in [-0.05, 0) is 0 Å². The summed E-state index contributed by atoms with van der Waals surface area (Å²) in [5.74, 6) is -3.19. The molecule has 0 aromatic carbocycles.